The Labute approximate surface area is 122 Å². The third-order valence-electron chi connectivity index (χ3n) is 3.31. The van der Waals surface area contributed by atoms with Gasteiger partial charge < -0.3 is 15.4 Å². The van der Waals surface area contributed by atoms with E-state index in [1.54, 1.807) is 4.90 Å². The van der Waals surface area contributed by atoms with Crippen LogP contribution >= 0.6 is 15.9 Å². The fraction of sp³-hybridized carbons (Fsp3) is 0.500. The molecule has 1 aromatic rings. The van der Waals surface area contributed by atoms with Crippen LogP contribution in [0.1, 0.15) is 18.4 Å². The molecule has 1 saturated heterocycles. The summed E-state index contributed by atoms with van der Waals surface area (Å²) in [6.07, 6.45) is 1.15. The maximum Gasteiger partial charge on any atom is 0.256 e. The van der Waals surface area contributed by atoms with Crippen molar-refractivity contribution in [3.05, 3.63) is 28.2 Å². The molecular weight excluding hydrogens is 308 g/mol. The summed E-state index contributed by atoms with van der Waals surface area (Å²) in [7, 11) is 0. The van der Waals surface area contributed by atoms with Crippen LogP contribution in [0.25, 0.3) is 0 Å². The van der Waals surface area contributed by atoms with Crippen LogP contribution in [0.3, 0.4) is 0 Å². The number of ether oxygens (including phenoxy) is 1. The number of nitrogens with two attached hydrogens (primary N) is 1. The summed E-state index contributed by atoms with van der Waals surface area (Å²) in [6, 6.07) is 5.97. The fourth-order valence-electron chi connectivity index (χ4n) is 2.16. The van der Waals surface area contributed by atoms with Gasteiger partial charge >= 0.3 is 0 Å². The van der Waals surface area contributed by atoms with Crippen molar-refractivity contribution in [1.29, 1.82) is 0 Å². The minimum absolute atomic E-state index is 0.0375. The molecule has 0 aromatic heterocycles. The lowest BCUT2D eigenvalue weighted by Crippen LogP contribution is -2.48. The molecule has 1 amide bonds. The van der Waals surface area contributed by atoms with Crippen LogP contribution in [-0.4, -0.2) is 31.7 Å². The van der Waals surface area contributed by atoms with Gasteiger partial charge in [-0.2, -0.15) is 0 Å². The number of benzene rings is 1. The molecule has 5 heteroatoms. The highest BCUT2D eigenvalue weighted by Crippen LogP contribution is 2.26. The maximum absolute atomic E-state index is 12.4. The van der Waals surface area contributed by atoms with Crippen molar-refractivity contribution >= 4 is 27.5 Å². The van der Waals surface area contributed by atoms with Gasteiger partial charge in [0.25, 0.3) is 5.91 Å². The number of carbonyl (C=O) groups is 1. The molecule has 0 aliphatic carbocycles. The number of hydrogen-bond donors (Lipinski definition) is 1. The van der Waals surface area contributed by atoms with Gasteiger partial charge in [-0.05, 0) is 44.0 Å². The van der Waals surface area contributed by atoms with Gasteiger partial charge in [-0.25, -0.2) is 0 Å². The highest BCUT2D eigenvalue weighted by Gasteiger charge is 2.30. The second-order valence-corrected chi connectivity index (χ2v) is 5.57. The standard InChI is InChI=1S/C14H19BrN2O2/c1-10-4-5-11(9-12(10)15)17-7-8-19-13(14(17)18)3-2-6-16/h4-5,9,13H,2-3,6-8,16H2,1H3. The summed E-state index contributed by atoms with van der Waals surface area (Å²) in [5.41, 5.74) is 7.56. The second-order valence-electron chi connectivity index (χ2n) is 4.71. The van der Waals surface area contributed by atoms with E-state index in [2.05, 4.69) is 15.9 Å². The molecule has 1 aromatic carbocycles. The zero-order valence-electron chi connectivity index (χ0n) is 11.1. The van der Waals surface area contributed by atoms with E-state index >= 15 is 0 Å². The zero-order chi connectivity index (χ0) is 13.8. The van der Waals surface area contributed by atoms with E-state index in [0.717, 1.165) is 22.1 Å². The highest BCUT2D eigenvalue weighted by molar-refractivity contribution is 9.10. The van der Waals surface area contributed by atoms with Crippen LogP contribution in [0, 0.1) is 6.92 Å². The van der Waals surface area contributed by atoms with Gasteiger partial charge in [0, 0.05) is 16.7 Å². The molecule has 0 saturated carbocycles. The monoisotopic (exact) mass is 326 g/mol. The molecule has 4 nitrogen and oxygen atoms in total. The Hall–Kier alpha value is -0.910. The quantitative estimate of drug-likeness (QED) is 0.923. The van der Waals surface area contributed by atoms with E-state index in [1.165, 1.54) is 0 Å². The van der Waals surface area contributed by atoms with Crippen molar-refractivity contribution in [2.45, 2.75) is 25.9 Å². The summed E-state index contributed by atoms with van der Waals surface area (Å²) < 4.78 is 6.56. The van der Waals surface area contributed by atoms with E-state index in [1.807, 2.05) is 25.1 Å². The summed E-state index contributed by atoms with van der Waals surface area (Å²) >= 11 is 3.50. The lowest BCUT2D eigenvalue weighted by molar-refractivity contribution is -0.134. The van der Waals surface area contributed by atoms with Gasteiger partial charge in [0.15, 0.2) is 0 Å². The number of halogens is 1. The first-order valence-electron chi connectivity index (χ1n) is 6.52. The van der Waals surface area contributed by atoms with Crippen molar-refractivity contribution in [3.63, 3.8) is 0 Å². The van der Waals surface area contributed by atoms with Crippen LogP contribution in [0.4, 0.5) is 5.69 Å². The molecule has 1 atom stereocenters. The Morgan fingerprint density at radius 3 is 3.00 bits per heavy atom. The summed E-state index contributed by atoms with van der Waals surface area (Å²) in [5, 5.41) is 0. The zero-order valence-corrected chi connectivity index (χ0v) is 12.6. The number of hydrogen-bond acceptors (Lipinski definition) is 3. The molecule has 104 valence electrons. The first-order valence-corrected chi connectivity index (χ1v) is 7.32. The van der Waals surface area contributed by atoms with E-state index in [-0.39, 0.29) is 12.0 Å². The third-order valence-corrected chi connectivity index (χ3v) is 4.17. The van der Waals surface area contributed by atoms with E-state index in [9.17, 15) is 4.79 Å². The maximum atomic E-state index is 12.4. The lowest BCUT2D eigenvalue weighted by atomic mass is 10.1. The first kappa shape index (κ1) is 14.5. The van der Waals surface area contributed by atoms with Crippen molar-refractivity contribution in [3.8, 4) is 0 Å². The molecular formula is C14H19BrN2O2. The lowest BCUT2D eigenvalue weighted by Gasteiger charge is -2.32. The van der Waals surface area contributed by atoms with Gasteiger partial charge in [-0.1, -0.05) is 22.0 Å². The molecule has 1 heterocycles. The predicted octanol–water partition coefficient (Wildman–Crippen LogP) is 2.23. The molecule has 0 bridgehead atoms. The van der Waals surface area contributed by atoms with Crippen molar-refractivity contribution in [2.75, 3.05) is 24.6 Å². The summed E-state index contributed by atoms with van der Waals surface area (Å²) in [4.78, 5) is 14.2. The highest BCUT2D eigenvalue weighted by atomic mass is 79.9. The minimum Gasteiger partial charge on any atom is -0.367 e. The molecule has 0 radical (unpaired) electrons. The SMILES string of the molecule is Cc1ccc(N2CCOC(CCCN)C2=O)cc1Br. The molecule has 0 spiro atoms. The Bertz CT molecular complexity index is 465. The number of carbonyl (C=O) groups excluding carboxylic acids is 1. The molecule has 19 heavy (non-hydrogen) atoms. The number of aryl methyl sites for hydroxylation is 1. The Morgan fingerprint density at radius 2 is 2.32 bits per heavy atom. The third kappa shape index (κ3) is 3.35. The molecule has 1 aliphatic rings. The average molecular weight is 327 g/mol. The van der Waals surface area contributed by atoms with Gasteiger partial charge in [0.1, 0.15) is 6.10 Å². The fourth-order valence-corrected chi connectivity index (χ4v) is 2.52. The number of nitrogens with zero attached hydrogens (tertiary/aromatic N) is 1. The van der Waals surface area contributed by atoms with E-state index in [4.69, 9.17) is 10.5 Å². The second kappa shape index (κ2) is 6.50. The minimum atomic E-state index is -0.350. The number of amides is 1. The van der Waals surface area contributed by atoms with Crippen molar-refractivity contribution in [2.24, 2.45) is 5.73 Å². The van der Waals surface area contributed by atoms with E-state index in [0.29, 0.717) is 26.1 Å². The average Bonchev–Trinajstić information content (AvgIpc) is 2.41. The van der Waals surface area contributed by atoms with Gasteiger partial charge in [0.2, 0.25) is 0 Å². The van der Waals surface area contributed by atoms with Crippen molar-refractivity contribution in [1.82, 2.24) is 0 Å². The summed E-state index contributed by atoms with van der Waals surface area (Å²) in [6.45, 7) is 3.79. The van der Waals surface area contributed by atoms with Gasteiger partial charge in [-0.15, -0.1) is 0 Å². The van der Waals surface area contributed by atoms with Gasteiger partial charge in [0.05, 0.1) is 6.61 Å². The Kier molecular flexibility index (Phi) is 4.96. The van der Waals surface area contributed by atoms with Crippen LogP contribution < -0.4 is 10.6 Å². The number of anilines is 1. The van der Waals surface area contributed by atoms with E-state index < -0.39 is 0 Å². The predicted molar refractivity (Wildman–Crippen MR) is 79.3 cm³/mol. The Balaban J connectivity index is 2.14. The van der Waals surface area contributed by atoms with Crippen LogP contribution in [-0.2, 0) is 9.53 Å². The first-order chi connectivity index (χ1) is 9.13. The molecule has 2 rings (SSSR count). The molecule has 2 N–H and O–H groups in total. The molecule has 1 aliphatic heterocycles. The largest absolute Gasteiger partial charge is 0.367 e. The van der Waals surface area contributed by atoms with Crippen LogP contribution in [0.5, 0.6) is 0 Å². The van der Waals surface area contributed by atoms with Crippen molar-refractivity contribution < 1.29 is 9.53 Å². The van der Waals surface area contributed by atoms with Gasteiger partial charge in [-0.3, -0.25) is 4.79 Å². The Morgan fingerprint density at radius 1 is 1.53 bits per heavy atom. The smallest absolute Gasteiger partial charge is 0.256 e. The normalized spacial score (nSPS) is 19.8. The number of rotatable bonds is 4. The molecule has 1 fully saturated rings. The molecule has 1 unspecified atom stereocenters. The topological polar surface area (TPSA) is 55.6 Å². The van der Waals surface area contributed by atoms with Crippen LogP contribution in [0.15, 0.2) is 22.7 Å². The number of morpholine rings is 1. The van der Waals surface area contributed by atoms with Crippen LogP contribution in [0.2, 0.25) is 0 Å². The summed E-state index contributed by atoms with van der Waals surface area (Å²) in [5.74, 6) is 0.0375.